The molecule has 16 heavy (non-hydrogen) atoms. The molecule has 1 aliphatic rings. The highest BCUT2D eigenvalue weighted by molar-refractivity contribution is 5.04. The lowest BCUT2D eigenvalue weighted by Crippen LogP contribution is -2.13. The summed E-state index contributed by atoms with van der Waals surface area (Å²) < 4.78 is 11.3. The van der Waals surface area contributed by atoms with Crippen molar-refractivity contribution < 1.29 is 9.47 Å². The lowest BCUT2D eigenvalue weighted by Gasteiger charge is -2.06. The molecule has 0 aromatic carbocycles. The molecule has 1 saturated heterocycles. The number of ether oxygens (including phenoxy) is 2. The second kappa shape index (κ2) is 6.21. The summed E-state index contributed by atoms with van der Waals surface area (Å²) in [6, 6.07) is 0. The molecule has 92 valence electrons. The van der Waals surface area contributed by atoms with Crippen LogP contribution in [-0.2, 0) is 9.47 Å². The highest BCUT2D eigenvalue weighted by atomic mass is 16.7. The second-order valence-corrected chi connectivity index (χ2v) is 4.88. The van der Waals surface area contributed by atoms with Gasteiger partial charge in [-0.25, -0.2) is 0 Å². The van der Waals surface area contributed by atoms with Crippen LogP contribution in [0, 0.1) is 0 Å². The van der Waals surface area contributed by atoms with Crippen LogP contribution in [0.5, 0.6) is 0 Å². The van der Waals surface area contributed by atoms with E-state index in [4.69, 9.17) is 9.47 Å². The van der Waals surface area contributed by atoms with Gasteiger partial charge in [-0.15, -0.1) is 0 Å². The molecule has 0 aromatic rings. The van der Waals surface area contributed by atoms with Crippen molar-refractivity contribution in [1.29, 1.82) is 0 Å². The Bertz CT molecular complexity index is 264. The van der Waals surface area contributed by atoms with Gasteiger partial charge in [0.15, 0.2) is 6.29 Å². The van der Waals surface area contributed by atoms with Crippen LogP contribution < -0.4 is 0 Å². The Morgan fingerprint density at radius 1 is 1.06 bits per heavy atom. The van der Waals surface area contributed by atoms with Crippen LogP contribution in [0.1, 0.15) is 47.5 Å². The normalized spacial score (nSPS) is 30.6. The van der Waals surface area contributed by atoms with Crippen LogP contribution in [0.4, 0.5) is 0 Å². The molecule has 1 unspecified atom stereocenters. The molecule has 1 heterocycles. The predicted octanol–water partition coefficient (Wildman–Crippen LogP) is 3.83. The predicted molar refractivity (Wildman–Crippen MR) is 67.3 cm³/mol. The zero-order valence-electron chi connectivity index (χ0n) is 11.1. The molecule has 0 aromatic heterocycles. The van der Waals surface area contributed by atoms with Crippen molar-refractivity contribution in [3.63, 3.8) is 0 Å². The average Bonchev–Trinajstić information content (AvgIpc) is 2.44. The molecule has 0 aliphatic carbocycles. The molecule has 1 fully saturated rings. The van der Waals surface area contributed by atoms with E-state index in [1.165, 1.54) is 11.1 Å². The third kappa shape index (κ3) is 4.50. The molecule has 0 N–H and O–H groups in total. The number of allylic oxidation sites excluding steroid dienone is 3. The fourth-order valence-electron chi connectivity index (χ4n) is 1.66. The monoisotopic (exact) mass is 224 g/mol. The smallest absolute Gasteiger partial charge is 0.177 e. The first-order chi connectivity index (χ1) is 7.49. The Morgan fingerprint density at radius 3 is 2.12 bits per heavy atom. The fraction of sp³-hybridized carbons (Fsp3) is 0.714. The molecule has 2 heteroatoms. The van der Waals surface area contributed by atoms with Crippen LogP contribution in [-0.4, -0.2) is 18.5 Å². The average molecular weight is 224 g/mol. The van der Waals surface area contributed by atoms with Crippen LogP contribution in [0.3, 0.4) is 0 Å². The maximum atomic E-state index is 5.66. The topological polar surface area (TPSA) is 18.5 Å². The van der Waals surface area contributed by atoms with E-state index in [9.17, 15) is 0 Å². The molecule has 1 aliphatic heterocycles. The van der Waals surface area contributed by atoms with Gasteiger partial charge in [0.05, 0.1) is 12.2 Å². The molecule has 0 amide bonds. The van der Waals surface area contributed by atoms with Gasteiger partial charge in [-0.2, -0.15) is 0 Å². The Labute approximate surface area is 99.3 Å². The van der Waals surface area contributed by atoms with E-state index in [0.717, 1.165) is 12.8 Å². The minimum absolute atomic E-state index is 0.142. The van der Waals surface area contributed by atoms with Crippen LogP contribution >= 0.6 is 0 Å². The summed E-state index contributed by atoms with van der Waals surface area (Å²) >= 11 is 0. The summed E-state index contributed by atoms with van der Waals surface area (Å²) in [4.78, 5) is 0. The van der Waals surface area contributed by atoms with E-state index in [2.05, 4.69) is 46.8 Å². The van der Waals surface area contributed by atoms with Gasteiger partial charge in [0.1, 0.15) is 0 Å². The molecule has 1 rings (SSSR count). The van der Waals surface area contributed by atoms with Crippen molar-refractivity contribution in [2.45, 2.75) is 66.0 Å². The van der Waals surface area contributed by atoms with E-state index in [1.807, 2.05) is 0 Å². The second-order valence-electron chi connectivity index (χ2n) is 4.88. The fourth-order valence-corrected chi connectivity index (χ4v) is 1.66. The van der Waals surface area contributed by atoms with Crippen molar-refractivity contribution in [3.05, 3.63) is 23.3 Å². The number of hydrogen-bond acceptors (Lipinski definition) is 2. The van der Waals surface area contributed by atoms with Crippen molar-refractivity contribution in [3.8, 4) is 0 Å². The maximum Gasteiger partial charge on any atom is 0.177 e. The molecular weight excluding hydrogens is 200 g/mol. The van der Waals surface area contributed by atoms with E-state index in [-0.39, 0.29) is 18.5 Å². The first-order valence-electron chi connectivity index (χ1n) is 6.10. The van der Waals surface area contributed by atoms with E-state index in [1.54, 1.807) is 0 Å². The molecule has 0 bridgehead atoms. The molecular formula is C14H24O2. The van der Waals surface area contributed by atoms with Gasteiger partial charge in [-0.3, -0.25) is 0 Å². The Morgan fingerprint density at radius 2 is 1.62 bits per heavy atom. The van der Waals surface area contributed by atoms with Crippen LogP contribution in [0.15, 0.2) is 23.3 Å². The lowest BCUT2D eigenvalue weighted by atomic mass is 10.1. The summed E-state index contributed by atoms with van der Waals surface area (Å²) in [5.41, 5.74) is 2.72. The first-order valence-corrected chi connectivity index (χ1v) is 6.10. The number of rotatable bonds is 4. The van der Waals surface area contributed by atoms with Gasteiger partial charge < -0.3 is 9.47 Å². The van der Waals surface area contributed by atoms with Crippen molar-refractivity contribution in [2.75, 3.05) is 0 Å². The van der Waals surface area contributed by atoms with Crippen molar-refractivity contribution in [1.82, 2.24) is 0 Å². The first kappa shape index (κ1) is 13.5. The quantitative estimate of drug-likeness (QED) is 0.676. The number of hydrogen-bond donors (Lipinski definition) is 0. The summed E-state index contributed by atoms with van der Waals surface area (Å²) in [5, 5.41) is 0. The van der Waals surface area contributed by atoms with E-state index >= 15 is 0 Å². The van der Waals surface area contributed by atoms with Gasteiger partial charge in [0, 0.05) is 0 Å². The summed E-state index contributed by atoms with van der Waals surface area (Å²) in [5.74, 6) is 0. The zero-order valence-corrected chi connectivity index (χ0v) is 11.1. The highest BCUT2D eigenvalue weighted by Crippen LogP contribution is 2.21. The molecule has 0 saturated carbocycles. The van der Waals surface area contributed by atoms with E-state index < -0.39 is 0 Å². The SMILES string of the molecule is CC(C)=CCC/C(C)=C\C1O[C@@H](C)[C@@H](C)O1. The molecule has 3 atom stereocenters. The van der Waals surface area contributed by atoms with Gasteiger partial charge in [-0.05, 0) is 53.5 Å². The maximum absolute atomic E-state index is 5.66. The van der Waals surface area contributed by atoms with Gasteiger partial charge in [0.25, 0.3) is 0 Å². The summed E-state index contributed by atoms with van der Waals surface area (Å²) in [7, 11) is 0. The van der Waals surface area contributed by atoms with Crippen molar-refractivity contribution in [2.24, 2.45) is 0 Å². The highest BCUT2D eigenvalue weighted by Gasteiger charge is 2.27. The largest absolute Gasteiger partial charge is 0.343 e. The lowest BCUT2D eigenvalue weighted by molar-refractivity contribution is -0.0249. The van der Waals surface area contributed by atoms with Gasteiger partial charge >= 0.3 is 0 Å². The Hall–Kier alpha value is -0.600. The van der Waals surface area contributed by atoms with Crippen LogP contribution in [0.2, 0.25) is 0 Å². The Kier molecular flexibility index (Phi) is 5.23. The third-order valence-electron chi connectivity index (χ3n) is 2.87. The summed E-state index contributed by atoms with van der Waals surface area (Å²) in [6.45, 7) is 10.5. The zero-order chi connectivity index (χ0) is 12.1. The Balaban J connectivity index is 2.36. The third-order valence-corrected chi connectivity index (χ3v) is 2.87. The van der Waals surface area contributed by atoms with Crippen molar-refractivity contribution >= 4 is 0 Å². The van der Waals surface area contributed by atoms with Gasteiger partial charge in [0.2, 0.25) is 0 Å². The molecule has 0 spiro atoms. The minimum atomic E-state index is -0.142. The van der Waals surface area contributed by atoms with Crippen LogP contribution in [0.25, 0.3) is 0 Å². The van der Waals surface area contributed by atoms with Gasteiger partial charge in [-0.1, -0.05) is 17.2 Å². The standard InChI is InChI=1S/C14H24O2/c1-10(2)7-6-8-11(3)9-14-15-12(4)13(5)16-14/h7,9,12-14H,6,8H2,1-5H3/b11-9-/t12-,13+,14?. The summed E-state index contributed by atoms with van der Waals surface area (Å²) in [6.07, 6.45) is 6.80. The van der Waals surface area contributed by atoms with E-state index in [0.29, 0.717) is 0 Å². The molecule has 0 radical (unpaired) electrons. The molecule has 2 nitrogen and oxygen atoms in total. The minimum Gasteiger partial charge on any atom is -0.343 e.